The van der Waals surface area contributed by atoms with Gasteiger partial charge in [0, 0.05) is 18.0 Å². The van der Waals surface area contributed by atoms with Gasteiger partial charge < -0.3 is 15.2 Å². The minimum atomic E-state index is -0.0573. The third-order valence-electron chi connectivity index (χ3n) is 3.99. The van der Waals surface area contributed by atoms with Gasteiger partial charge in [-0.25, -0.2) is 0 Å². The van der Waals surface area contributed by atoms with Gasteiger partial charge in [-0.1, -0.05) is 18.5 Å². The molecule has 4 unspecified atom stereocenters. The lowest BCUT2D eigenvalue weighted by atomic mass is 9.94. The summed E-state index contributed by atoms with van der Waals surface area (Å²) in [7, 11) is 1.78. The van der Waals surface area contributed by atoms with Crippen molar-refractivity contribution in [3.8, 4) is 0 Å². The molecule has 3 nitrogen and oxygen atoms in total. The van der Waals surface area contributed by atoms with Crippen molar-refractivity contribution in [2.45, 2.75) is 63.4 Å². The van der Waals surface area contributed by atoms with E-state index in [-0.39, 0.29) is 18.2 Å². The predicted molar refractivity (Wildman–Crippen MR) is 84.5 cm³/mol. The van der Waals surface area contributed by atoms with Crippen LogP contribution in [0, 0.1) is 0 Å². The Bertz CT molecular complexity index is 412. The first-order valence-electron chi connectivity index (χ1n) is 7.33. The summed E-state index contributed by atoms with van der Waals surface area (Å²) in [4.78, 5) is 1.13. The fourth-order valence-electron chi connectivity index (χ4n) is 2.72. The Balaban J connectivity index is 2.04. The Morgan fingerprint density at radius 3 is 2.75 bits per heavy atom. The number of ether oxygens (including phenoxy) is 2. The van der Waals surface area contributed by atoms with Crippen LogP contribution in [0.15, 0.2) is 12.1 Å². The van der Waals surface area contributed by atoms with Crippen LogP contribution in [0.5, 0.6) is 0 Å². The summed E-state index contributed by atoms with van der Waals surface area (Å²) in [5, 5.41) is 0. The highest BCUT2D eigenvalue weighted by Gasteiger charge is 2.28. The van der Waals surface area contributed by atoms with Gasteiger partial charge in [0.15, 0.2) is 0 Å². The number of halogens is 1. The van der Waals surface area contributed by atoms with E-state index in [0.717, 1.165) is 41.3 Å². The maximum absolute atomic E-state index is 6.32. The molecule has 0 spiro atoms. The second kappa shape index (κ2) is 7.76. The quantitative estimate of drug-likeness (QED) is 0.857. The molecule has 2 rings (SSSR count). The van der Waals surface area contributed by atoms with Crippen molar-refractivity contribution in [1.29, 1.82) is 0 Å². The van der Waals surface area contributed by atoms with E-state index in [9.17, 15) is 0 Å². The first-order valence-corrected chi connectivity index (χ1v) is 8.52. The van der Waals surface area contributed by atoms with Crippen LogP contribution in [-0.4, -0.2) is 25.4 Å². The van der Waals surface area contributed by atoms with Crippen molar-refractivity contribution in [3.05, 3.63) is 21.3 Å². The van der Waals surface area contributed by atoms with E-state index < -0.39 is 0 Å². The summed E-state index contributed by atoms with van der Waals surface area (Å²) in [6, 6.07) is 3.95. The van der Waals surface area contributed by atoms with Crippen LogP contribution < -0.4 is 5.73 Å². The molecule has 0 aromatic carbocycles. The standard InChI is InChI=1S/C15H24ClNO2S/c1-3-12(17)15(13-7-8-14(16)20-13)19-11-6-4-5-10(9-11)18-2/h7-8,10-12,15H,3-6,9,17H2,1-2H3. The van der Waals surface area contributed by atoms with E-state index in [1.807, 2.05) is 12.1 Å². The van der Waals surface area contributed by atoms with Crippen molar-refractivity contribution >= 4 is 22.9 Å². The van der Waals surface area contributed by atoms with Crippen LogP contribution in [0.2, 0.25) is 4.34 Å². The highest BCUT2D eigenvalue weighted by molar-refractivity contribution is 7.16. The van der Waals surface area contributed by atoms with Gasteiger partial charge >= 0.3 is 0 Å². The molecule has 1 heterocycles. The lowest BCUT2D eigenvalue weighted by Crippen LogP contribution is -2.35. The molecule has 0 bridgehead atoms. The zero-order chi connectivity index (χ0) is 14.5. The van der Waals surface area contributed by atoms with E-state index in [2.05, 4.69) is 6.92 Å². The van der Waals surface area contributed by atoms with Crippen molar-refractivity contribution in [2.75, 3.05) is 7.11 Å². The van der Waals surface area contributed by atoms with Gasteiger partial charge in [-0.2, -0.15) is 0 Å². The molecule has 1 fully saturated rings. The highest BCUT2D eigenvalue weighted by Crippen LogP contribution is 2.35. The van der Waals surface area contributed by atoms with E-state index in [0.29, 0.717) is 6.10 Å². The van der Waals surface area contributed by atoms with Gasteiger partial charge in [0.05, 0.1) is 16.5 Å². The fraction of sp³-hybridized carbons (Fsp3) is 0.733. The summed E-state index contributed by atoms with van der Waals surface area (Å²) in [5.41, 5.74) is 6.25. The summed E-state index contributed by atoms with van der Waals surface area (Å²) in [6.07, 6.45) is 5.72. The van der Waals surface area contributed by atoms with Crippen molar-refractivity contribution < 1.29 is 9.47 Å². The zero-order valence-electron chi connectivity index (χ0n) is 12.2. The van der Waals surface area contributed by atoms with E-state index in [4.69, 9.17) is 26.8 Å². The molecule has 20 heavy (non-hydrogen) atoms. The third kappa shape index (κ3) is 4.18. The molecule has 0 radical (unpaired) electrons. The second-order valence-corrected chi connectivity index (χ2v) is 7.16. The maximum Gasteiger partial charge on any atom is 0.107 e. The molecule has 4 atom stereocenters. The number of nitrogens with two attached hydrogens (primary N) is 1. The Hall–Kier alpha value is -0.130. The fourth-order valence-corrected chi connectivity index (χ4v) is 3.90. The number of rotatable bonds is 6. The molecule has 0 amide bonds. The van der Waals surface area contributed by atoms with E-state index in [1.165, 1.54) is 0 Å². The third-order valence-corrected chi connectivity index (χ3v) is 5.28. The molecule has 1 aromatic heterocycles. The average molecular weight is 318 g/mol. The number of hydrogen-bond donors (Lipinski definition) is 1. The molecule has 0 saturated heterocycles. The molecule has 1 aromatic rings. The molecular weight excluding hydrogens is 294 g/mol. The second-order valence-electron chi connectivity index (χ2n) is 5.42. The predicted octanol–water partition coefficient (Wildman–Crippen LogP) is 4.15. The first kappa shape index (κ1) is 16.2. The summed E-state index contributed by atoms with van der Waals surface area (Å²) < 4.78 is 12.6. The van der Waals surface area contributed by atoms with Gasteiger partial charge in [0.25, 0.3) is 0 Å². The average Bonchev–Trinajstić information content (AvgIpc) is 2.90. The number of methoxy groups -OCH3 is 1. The van der Waals surface area contributed by atoms with Gasteiger partial charge in [-0.05, 0) is 44.2 Å². The minimum Gasteiger partial charge on any atom is -0.381 e. The van der Waals surface area contributed by atoms with Crippen molar-refractivity contribution in [2.24, 2.45) is 5.73 Å². The number of hydrogen-bond acceptors (Lipinski definition) is 4. The van der Waals surface area contributed by atoms with Crippen LogP contribution in [0.4, 0.5) is 0 Å². The lowest BCUT2D eigenvalue weighted by molar-refractivity contribution is -0.0733. The Morgan fingerprint density at radius 2 is 2.15 bits per heavy atom. The monoisotopic (exact) mass is 317 g/mol. The molecule has 2 N–H and O–H groups in total. The summed E-state index contributed by atoms with van der Waals surface area (Å²) in [6.45, 7) is 2.09. The molecular formula is C15H24ClNO2S. The van der Waals surface area contributed by atoms with Crippen LogP contribution in [0.1, 0.15) is 50.0 Å². The Labute approximate surface area is 130 Å². The largest absolute Gasteiger partial charge is 0.381 e. The van der Waals surface area contributed by atoms with Crippen LogP contribution in [0.3, 0.4) is 0 Å². The van der Waals surface area contributed by atoms with Gasteiger partial charge in [0.2, 0.25) is 0 Å². The highest BCUT2D eigenvalue weighted by atomic mass is 35.5. The zero-order valence-corrected chi connectivity index (χ0v) is 13.8. The molecule has 1 aliphatic rings. The van der Waals surface area contributed by atoms with Gasteiger partial charge in [-0.3, -0.25) is 0 Å². The van der Waals surface area contributed by atoms with Crippen molar-refractivity contribution in [1.82, 2.24) is 0 Å². The van der Waals surface area contributed by atoms with Gasteiger partial charge in [-0.15, -0.1) is 11.3 Å². The topological polar surface area (TPSA) is 44.5 Å². The smallest absolute Gasteiger partial charge is 0.107 e. The Kier molecular flexibility index (Phi) is 6.30. The maximum atomic E-state index is 6.32. The van der Waals surface area contributed by atoms with Crippen LogP contribution in [0.25, 0.3) is 0 Å². The normalized spacial score (nSPS) is 26.4. The van der Waals surface area contributed by atoms with E-state index >= 15 is 0 Å². The Morgan fingerprint density at radius 1 is 1.40 bits per heavy atom. The first-order chi connectivity index (χ1) is 9.63. The SMILES string of the molecule is CCC(N)C(OC1CCCC(OC)C1)c1ccc(Cl)s1. The molecule has 0 aliphatic heterocycles. The summed E-state index contributed by atoms with van der Waals surface area (Å²) >= 11 is 7.61. The molecule has 1 saturated carbocycles. The summed E-state index contributed by atoms with van der Waals surface area (Å²) in [5.74, 6) is 0. The lowest BCUT2D eigenvalue weighted by Gasteiger charge is -2.33. The van der Waals surface area contributed by atoms with E-state index in [1.54, 1.807) is 18.4 Å². The van der Waals surface area contributed by atoms with Gasteiger partial charge in [0.1, 0.15) is 6.10 Å². The van der Waals surface area contributed by atoms with Crippen LogP contribution >= 0.6 is 22.9 Å². The molecule has 1 aliphatic carbocycles. The molecule has 114 valence electrons. The molecule has 5 heteroatoms. The number of thiophene rings is 1. The van der Waals surface area contributed by atoms with Crippen molar-refractivity contribution in [3.63, 3.8) is 0 Å². The minimum absolute atomic E-state index is 0.00707. The van der Waals surface area contributed by atoms with Crippen LogP contribution in [-0.2, 0) is 9.47 Å².